The largest absolute Gasteiger partial charge is 0.466 e. The van der Waals surface area contributed by atoms with Gasteiger partial charge >= 0.3 is 11.9 Å². The highest BCUT2D eigenvalue weighted by Gasteiger charge is 2.58. The maximum Gasteiger partial charge on any atom is 0.335 e. The summed E-state index contributed by atoms with van der Waals surface area (Å²) in [5, 5.41) is 0. The van der Waals surface area contributed by atoms with Gasteiger partial charge in [0.2, 0.25) is 0 Å². The van der Waals surface area contributed by atoms with Crippen LogP contribution in [0.5, 0.6) is 0 Å². The van der Waals surface area contributed by atoms with Gasteiger partial charge in [-0.3, -0.25) is 4.90 Å². The first kappa shape index (κ1) is 22.3. The van der Waals surface area contributed by atoms with E-state index in [0.29, 0.717) is 17.7 Å². The number of carbonyl (C=O) groups excluding carboxylic acids is 2. The molecule has 0 fully saturated rings. The summed E-state index contributed by atoms with van der Waals surface area (Å²) in [7, 11) is 2.74. The van der Waals surface area contributed by atoms with E-state index in [1.54, 1.807) is 0 Å². The lowest BCUT2D eigenvalue weighted by molar-refractivity contribution is -0.140. The molecule has 0 aromatic heterocycles. The fourth-order valence-electron chi connectivity index (χ4n) is 5.74. The third kappa shape index (κ3) is 3.02. The fourth-order valence-corrected chi connectivity index (χ4v) is 5.74. The van der Waals surface area contributed by atoms with Crippen LogP contribution in [0.25, 0.3) is 0 Å². The summed E-state index contributed by atoms with van der Waals surface area (Å²) in [6.07, 6.45) is 0. The Morgan fingerprint density at radius 1 is 0.844 bits per heavy atom. The zero-order valence-electron chi connectivity index (χ0n) is 19.6. The number of methoxy groups -OCH3 is 2. The smallest absolute Gasteiger partial charge is 0.335 e. The van der Waals surface area contributed by atoms with Crippen molar-refractivity contribution in [2.45, 2.75) is 51.1 Å². The van der Waals surface area contributed by atoms with Crippen LogP contribution < -0.4 is 0 Å². The lowest BCUT2D eigenvalue weighted by Crippen LogP contribution is -2.55. The van der Waals surface area contributed by atoms with E-state index in [1.807, 2.05) is 24.3 Å². The van der Waals surface area contributed by atoms with Crippen LogP contribution in [0.1, 0.15) is 55.9 Å². The number of hydrogen-bond acceptors (Lipinski definition) is 5. The highest BCUT2D eigenvalue weighted by atomic mass is 16.5. The Balaban J connectivity index is 2.16. The second-order valence-corrected chi connectivity index (χ2v) is 9.14. The Kier molecular flexibility index (Phi) is 5.72. The van der Waals surface area contributed by atoms with Crippen LogP contribution in [0.3, 0.4) is 0 Å². The van der Waals surface area contributed by atoms with Gasteiger partial charge in [-0.05, 0) is 49.9 Å². The molecule has 0 atom stereocenters. The molecule has 5 heteroatoms. The van der Waals surface area contributed by atoms with E-state index in [-0.39, 0.29) is 18.0 Å². The van der Waals surface area contributed by atoms with Crippen LogP contribution >= 0.6 is 0 Å². The molecule has 0 amide bonds. The molecule has 2 bridgehead atoms. The molecule has 0 heterocycles. The van der Waals surface area contributed by atoms with E-state index in [2.05, 4.69) is 56.9 Å². The second-order valence-electron chi connectivity index (χ2n) is 9.14. The van der Waals surface area contributed by atoms with Crippen molar-refractivity contribution in [3.63, 3.8) is 0 Å². The Morgan fingerprint density at radius 2 is 1.31 bits per heavy atom. The van der Waals surface area contributed by atoms with E-state index >= 15 is 0 Å². The molecule has 0 radical (unpaired) electrons. The lowest BCUT2D eigenvalue weighted by Gasteiger charge is -2.52. The first-order valence-electron chi connectivity index (χ1n) is 11.1. The van der Waals surface area contributed by atoms with E-state index in [4.69, 9.17) is 9.47 Å². The summed E-state index contributed by atoms with van der Waals surface area (Å²) < 4.78 is 10.5. The van der Waals surface area contributed by atoms with Crippen molar-refractivity contribution in [2.24, 2.45) is 0 Å². The van der Waals surface area contributed by atoms with Crippen molar-refractivity contribution in [1.29, 1.82) is 0 Å². The van der Waals surface area contributed by atoms with Crippen LogP contribution in [0.2, 0.25) is 0 Å². The van der Waals surface area contributed by atoms with Gasteiger partial charge in [0, 0.05) is 24.5 Å². The van der Waals surface area contributed by atoms with Crippen molar-refractivity contribution in [2.75, 3.05) is 20.8 Å². The second kappa shape index (κ2) is 8.21. The Labute approximate surface area is 190 Å². The summed E-state index contributed by atoms with van der Waals surface area (Å²) >= 11 is 0. The van der Waals surface area contributed by atoms with Crippen molar-refractivity contribution in [3.05, 3.63) is 81.9 Å². The minimum atomic E-state index is -0.840. The average molecular weight is 434 g/mol. The number of carbonyl (C=O) groups is 2. The van der Waals surface area contributed by atoms with Crippen molar-refractivity contribution in [3.8, 4) is 0 Å². The van der Waals surface area contributed by atoms with Crippen LogP contribution in [0, 0.1) is 0 Å². The molecule has 0 aliphatic heterocycles. The van der Waals surface area contributed by atoms with Gasteiger partial charge in [0.15, 0.2) is 0 Å². The maximum atomic E-state index is 13.4. The molecule has 0 saturated carbocycles. The zero-order chi connectivity index (χ0) is 23.2. The summed E-state index contributed by atoms with van der Waals surface area (Å²) in [4.78, 5) is 29.0. The van der Waals surface area contributed by atoms with Gasteiger partial charge in [0.05, 0.1) is 30.8 Å². The third-order valence-corrected chi connectivity index (χ3v) is 6.99. The maximum absolute atomic E-state index is 13.4. The molecule has 0 saturated heterocycles. The first-order valence-corrected chi connectivity index (χ1v) is 11.1. The zero-order valence-corrected chi connectivity index (χ0v) is 19.6. The van der Waals surface area contributed by atoms with E-state index in [9.17, 15) is 9.59 Å². The van der Waals surface area contributed by atoms with E-state index in [1.165, 1.54) is 14.2 Å². The molecule has 3 aliphatic rings. The highest BCUT2D eigenvalue weighted by molar-refractivity contribution is 6.07. The standard InChI is InChI=1S/C27H31NO4/c1-16(2)28(17(3)4)15-27-20-13-9-7-11-18(20)22(19-12-8-10-14-21(19)27)23(25(29)31-5)24(27)26(30)32-6/h7-14,16-17,22H,15H2,1-6H3. The average Bonchev–Trinajstić information content (AvgIpc) is 2.80. The molecular formula is C27H31NO4. The lowest BCUT2D eigenvalue weighted by atomic mass is 9.52. The molecule has 0 N–H and O–H groups in total. The van der Waals surface area contributed by atoms with Crippen LogP contribution in [0.15, 0.2) is 59.7 Å². The molecule has 3 aliphatic carbocycles. The Bertz CT molecular complexity index is 1040. The van der Waals surface area contributed by atoms with Gasteiger partial charge in [-0.25, -0.2) is 9.59 Å². The van der Waals surface area contributed by atoms with Crippen molar-refractivity contribution < 1.29 is 19.1 Å². The molecule has 0 spiro atoms. The molecule has 168 valence electrons. The van der Waals surface area contributed by atoms with E-state index in [0.717, 1.165) is 22.3 Å². The first-order chi connectivity index (χ1) is 15.3. The van der Waals surface area contributed by atoms with Crippen molar-refractivity contribution >= 4 is 11.9 Å². The minimum absolute atomic E-state index is 0.240. The van der Waals surface area contributed by atoms with Gasteiger partial charge in [0.1, 0.15) is 0 Å². The minimum Gasteiger partial charge on any atom is -0.466 e. The van der Waals surface area contributed by atoms with Crippen LogP contribution in [0.4, 0.5) is 0 Å². The molecule has 2 aromatic carbocycles. The number of benzene rings is 2. The quantitative estimate of drug-likeness (QED) is 0.640. The van der Waals surface area contributed by atoms with E-state index < -0.39 is 17.4 Å². The molecule has 0 unspecified atom stereocenters. The fraction of sp³-hybridized carbons (Fsp3) is 0.407. The molecule has 32 heavy (non-hydrogen) atoms. The molecule has 5 rings (SSSR count). The summed E-state index contributed by atoms with van der Waals surface area (Å²) in [6, 6.07) is 16.8. The van der Waals surface area contributed by atoms with Crippen LogP contribution in [-0.4, -0.2) is 49.7 Å². The molecule has 2 aromatic rings. The SMILES string of the molecule is COC(=O)C1=C(C(=O)OC)C2(CN(C(C)C)C(C)C)c3ccccc3C1c1ccccc12. The van der Waals surface area contributed by atoms with Crippen molar-refractivity contribution in [1.82, 2.24) is 4.90 Å². The highest BCUT2D eigenvalue weighted by Crippen LogP contribution is 2.59. The third-order valence-electron chi connectivity index (χ3n) is 6.99. The van der Waals surface area contributed by atoms with Gasteiger partial charge < -0.3 is 9.47 Å². The molecule has 5 nitrogen and oxygen atoms in total. The van der Waals surface area contributed by atoms with Gasteiger partial charge in [-0.2, -0.15) is 0 Å². The van der Waals surface area contributed by atoms with Crippen LogP contribution in [-0.2, 0) is 24.5 Å². The van der Waals surface area contributed by atoms with Gasteiger partial charge in [-0.15, -0.1) is 0 Å². The summed E-state index contributed by atoms with van der Waals surface area (Å²) in [5.74, 6) is -1.33. The summed E-state index contributed by atoms with van der Waals surface area (Å²) in [6.45, 7) is 9.18. The predicted molar refractivity (Wildman–Crippen MR) is 124 cm³/mol. The number of esters is 2. The Hall–Kier alpha value is -2.92. The monoisotopic (exact) mass is 433 g/mol. The van der Waals surface area contributed by atoms with Gasteiger partial charge in [-0.1, -0.05) is 48.5 Å². The number of hydrogen-bond donors (Lipinski definition) is 0. The number of ether oxygens (including phenoxy) is 2. The number of nitrogens with zero attached hydrogens (tertiary/aromatic N) is 1. The Morgan fingerprint density at radius 3 is 1.75 bits per heavy atom. The normalized spacial score (nSPS) is 21.1. The summed E-state index contributed by atoms with van der Waals surface area (Å²) in [5.41, 5.74) is 4.17. The molecular weight excluding hydrogens is 402 g/mol. The topological polar surface area (TPSA) is 55.8 Å². The predicted octanol–water partition coefficient (Wildman–Crippen LogP) is 4.19. The number of rotatable bonds is 6. The van der Waals surface area contributed by atoms with Gasteiger partial charge in [0.25, 0.3) is 0 Å².